The van der Waals surface area contributed by atoms with Crippen LogP contribution < -0.4 is 0 Å². The number of carbonyl (C=O) groups is 1. The lowest BCUT2D eigenvalue weighted by Gasteiger charge is -2.07. The van der Waals surface area contributed by atoms with Gasteiger partial charge in [-0.25, -0.2) is 9.18 Å². The van der Waals surface area contributed by atoms with E-state index in [1.165, 1.54) is 12.1 Å². The van der Waals surface area contributed by atoms with Gasteiger partial charge in [0.2, 0.25) is 0 Å². The molecule has 1 aromatic rings. The smallest absolute Gasteiger partial charge is 0.333 e. The minimum absolute atomic E-state index is 0.287. The summed E-state index contributed by atoms with van der Waals surface area (Å²) in [5.74, 6) is -0.616. The lowest BCUT2D eigenvalue weighted by Crippen LogP contribution is -2.06. The molecule has 2 nitrogen and oxygen atoms in total. The average molecular weight is 222 g/mol. The van der Waals surface area contributed by atoms with Crippen LogP contribution in [-0.2, 0) is 9.53 Å². The first-order valence-corrected chi connectivity index (χ1v) is 5.16. The second-order valence-electron chi connectivity index (χ2n) is 3.48. The van der Waals surface area contributed by atoms with Crippen LogP contribution in [0, 0.1) is 5.82 Å². The summed E-state index contributed by atoms with van der Waals surface area (Å²) in [4.78, 5) is 11.5. The molecule has 0 aromatic heterocycles. The van der Waals surface area contributed by atoms with E-state index in [1.54, 1.807) is 26.0 Å². The maximum atomic E-state index is 12.7. The summed E-state index contributed by atoms with van der Waals surface area (Å²) in [6.45, 7) is 5.64. The molecule has 0 aliphatic heterocycles. The van der Waals surface area contributed by atoms with Crippen molar-refractivity contribution >= 4 is 11.5 Å². The summed E-state index contributed by atoms with van der Waals surface area (Å²) in [5.41, 5.74) is 2.18. The van der Waals surface area contributed by atoms with Gasteiger partial charge in [0.15, 0.2) is 0 Å². The Bertz CT molecular complexity index is 404. The topological polar surface area (TPSA) is 26.3 Å². The van der Waals surface area contributed by atoms with E-state index in [2.05, 4.69) is 0 Å². The fraction of sp³-hybridized carbons (Fsp3) is 0.308. The van der Waals surface area contributed by atoms with Crippen LogP contribution in [0.4, 0.5) is 4.39 Å². The SMILES string of the molecule is CCOC(=O)C(C)=C(C)c1ccc(F)cc1. The van der Waals surface area contributed by atoms with Crippen molar-refractivity contribution in [1.82, 2.24) is 0 Å². The maximum Gasteiger partial charge on any atom is 0.333 e. The highest BCUT2D eigenvalue weighted by Gasteiger charge is 2.09. The maximum absolute atomic E-state index is 12.7. The Hall–Kier alpha value is -1.64. The molecule has 0 bridgehead atoms. The molecule has 0 atom stereocenters. The van der Waals surface area contributed by atoms with Gasteiger partial charge in [0.05, 0.1) is 6.61 Å². The minimum atomic E-state index is -0.329. The van der Waals surface area contributed by atoms with Gasteiger partial charge in [-0.1, -0.05) is 12.1 Å². The highest BCUT2D eigenvalue weighted by molar-refractivity contribution is 5.96. The second kappa shape index (κ2) is 5.45. The van der Waals surface area contributed by atoms with Crippen molar-refractivity contribution in [3.63, 3.8) is 0 Å². The fourth-order valence-corrected chi connectivity index (χ4v) is 1.31. The summed E-state index contributed by atoms with van der Waals surface area (Å²) >= 11 is 0. The molecule has 0 spiro atoms. The molecule has 0 unspecified atom stereocenters. The summed E-state index contributed by atoms with van der Waals surface area (Å²) in [7, 11) is 0. The molecule has 0 saturated heterocycles. The van der Waals surface area contributed by atoms with Crippen LogP contribution in [0.2, 0.25) is 0 Å². The van der Waals surface area contributed by atoms with Crippen molar-refractivity contribution in [1.29, 1.82) is 0 Å². The molecule has 0 N–H and O–H groups in total. The molecule has 0 amide bonds. The normalized spacial score (nSPS) is 12.0. The Morgan fingerprint density at radius 3 is 2.31 bits per heavy atom. The Morgan fingerprint density at radius 1 is 1.25 bits per heavy atom. The van der Waals surface area contributed by atoms with Gasteiger partial charge in [-0.05, 0) is 44.0 Å². The van der Waals surface area contributed by atoms with Gasteiger partial charge in [0.1, 0.15) is 5.82 Å². The Kier molecular flexibility index (Phi) is 4.23. The Morgan fingerprint density at radius 2 is 1.81 bits per heavy atom. The predicted molar refractivity (Wildman–Crippen MR) is 61.3 cm³/mol. The van der Waals surface area contributed by atoms with Crippen molar-refractivity contribution in [2.75, 3.05) is 6.61 Å². The van der Waals surface area contributed by atoms with Crippen LogP contribution in [0.25, 0.3) is 5.57 Å². The predicted octanol–water partition coefficient (Wildman–Crippen LogP) is 3.18. The standard InChI is InChI=1S/C13H15FO2/c1-4-16-13(15)10(3)9(2)11-5-7-12(14)8-6-11/h5-8H,4H2,1-3H3. The molecule has 86 valence electrons. The number of allylic oxidation sites excluding steroid dienone is 1. The number of carbonyl (C=O) groups excluding carboxylic acids is 1. The van der Waals surface area contributed by atoms with Crippen molar-refractivity contribution in [2.24, 2.45) is 0 Å². The van der Waals surface area contributed by atoms with E-state index in [4.69, 9.17) is 4.74 Å². The van der Waals surface area contributed by atoms with Crippen molar-refractivity contribution in [3.05, 3.63) is 41.2 Å². The lowest BCUT2D eigenvalue weighted by atomic mass is 10.0. The highest BCUT2D eigenvalue weighted by Crippen LogP contribution is 2.19. The molecule has 1 aromatic carbocycles. The number of hydrogen-bond donors (Lipinski definition) is 0. The van der Waals surface area contributed by atoms with Gasteiger partial charge in [0.25, 0.3) is 0 Å². The van der Waals surface area contributed by atoms with Gasteiger partial charge in [-0.3, -0.25) is 0 Å². The molecular weight excluding hydrogens is 207 g/mol. The van der Waals surface area contributed by atoms with E-state index >= 15 is 0 Å². The van der Waals surface area contributed by atoms with Crippen LogP contribution >= 0.6 is 0 Å². The number of rotatable bonds is 3. The zero-order valence-electron chi connectivity index (χ0n) is 9.71. The van der Waals surface area contributed by atoms with Gasteiger partial charge in [0, 0.05) is 5.57 Å². The number of benzene rings is 1. The summed E-state index contributed by atoms with van der Waals surface area (Å²) in [5, 5.41) is 0. The van der Waals surface area contributed by atoms with Crippen molar-refractivity contribution in [2.45, 2.75) is 20.8 Å². The fourth-order valence-electron chi connectivity index (χ4n) is 1.31. The van der Waals surface area contributed by atoms with E-state index in [-0.39, 0.29) is 11.8 Å². The first kappa shape index (κ1) is 12.4. The first-order chi connectivity index (χ1) is 7.56. The van der Waals surface area contributed by atoms with Gasteiger partial charge >= 0.3 is 5.97 Å². The second-order valence-corrected chi connectivity index (χ2v) is 3.48. The summed E-state index contributed by atoms with van der Waals surface area (Å²) < 4.78 is 17.6. The van der Waals surface area contributed by atoms with E-state index in [1.807, 2.05) is 6.92 Å². The van der Waals surface area contributed by atoms with Gasteiger partial charge < -0.3 is 4.74 Å². The Balaban J connectivity index is 2.99. The van der Waals surface area contributed by atoms with Crippen LogP contribution in [0.3, 0.4) is 0 Å². The third kappa shape index (κ3) is 2.92. The number of halogens is 1. The van der Waals surface area contributed by atoms with E-state index in [0.717, 1.165) is 11.1 Å². The van der Waals surface area contributed by atoms with Crippen LogP contribution in [0.15, 0.2) is 29.8 Å². The van der Waals surface area contributed by atoms with E-state index < -0.39 is 0 Å². The monoisotopic (exact) mass is 222 g/mol. The van der Waals surface area contributed by atoms with Gasteiger partial charge in [-0.15, -0.1) is 0 Å². The molecule has 0 fully saturated rings. The zero-order valence-corrected chi connectivity index (χ0v) is 9.71. The van der Waals surface area contributed by atoms with E-state index in [9.17, 15) is 9.18 Å². The zero-order chi connectivity index (χ0) is 12.1. The van der Waals surface area contributed by atoms with Crippen molar-refractivity contribution < 1.29 is 13.9 Å². The molecular formula is C13H15FO2. The van der Waals surface area contributed by atoms with E-state index in [0.29, 0.717) is 12.2 Å². The van der Waals surface area contributed by atoms with Crippen molar-refractivity contribution in [3.8, 4) is 0 Å². The molecule has 0 aliphatic rings. The average Bonchev–Trinajstić information content (AvgIpc) is 2.28. The summed E-state index contributed by atoms with van der Waals surface area (Å²) in [6, 6.07) is 6.04. The van der Waals surface area contributed by atoms with Gasteiger partial charge in [-0.2, -0.15) is 0 Å². The molecule has 0 aliphatic carbocycles. The molecule has 1 rings (SSSR count). The lowest BCUT2D eigenvalue weighted by molar-refractivity contribution is -0.138. The largest absolute Gasteiger partial charge is 0.463 e. The molecule has 3 heteroatoms. The molecule has 16 heavy (non-hydrogen) atoms. The summed E-state index contributed by atoms with van der Waals surface area (Å²) in [6.07, 6.45) is 0. The molecule has 0 saturated carbocycles. The molecule has 0 heterocycles. The van der Waals surface area contributed by atoms with Crippen LogP contribution in [0.5, 0.6) is 0 Å². The number of esters is 1. The van der Waals surface area contributed by atoms with Crippen LogP contribution in [-0.4, -0.2) is 12.6 Å². The van der Waals surface area contributed by atoms with Crippen LogP contribution in [0.1, 0.15) is 26.3 Å². The number of ether oxygens (including phenoxy) is 1. The Labute approximate surface area is 94.7 Å². The quantitative estimate of drug-likeness (QED) is 0.580. The number of hydrogen-bond acceptors (Lipinski definition) is 2. The third-order valence-electron chi connectivity index (χ3n) is 2.42. The minimum Gasteiger partial charge on any atom is -0.463 e. The first-order valence-electron chi connectivity index (χ1n) is 5.16. The third-order valence-corrected chi connectivity index (χ3v) is 2.42. The molecule has 0 radical (unpaired) electrons. The highest BCUT2D eigenvalue weighted by atomic mass is 19.1.